The molecule has 0 aliphatic carbocycles. The topological polar surface area (TPSA) is 54.5 Å². The lowest BCUT2D eigenvalue weighted by molar-refractivity contribution is -0.0704. The van der Waals surface area contributed by atoms with Gasteiger partial charge in [0.1, 0.15) is 0 Å². The van der Waals surface area contributed by atoms with Gasteiger partial charge in [0.2, 0.25) is 0 Å². The molecule has 1 amide bonds. The lowest BCUT2D eigenvalue weighted by Crippen LogP contribution is -2.44. The summed E-state index contributed by atoms with van der Waals surface area (Å²) in [5.41, 5.74) is 2.90. The molecule has 3 rings (SSSR count). The molecule has 0 unspecified atom stereocenters. The van der Waals surface area contributed by atoms with E-state index < -0.39 is 0 Å². The number of aromatic nitrogens is 1. The summed E-state index contributed by atoms with van der Waals surface area (Å²) >= 11 is 3.33. The van der Waals surface area contributed by atoms with Gasteiger partial charge in [-0.05, 0) is 47.0 Å². The monoisotopic (exact) mass is 417 g/mol. The van der Waals surface area contributed by atoms with Crippen molar-refractivity contribution in [3.8, 4) is 0 Å². The summed E-state index contributed by atoms with van der Waals surface area (Å²) in [6, 6.07) is 10.2. The van der Waals surface area contributed by atoms with Gasteiger partial charge in [-0.25, -0.2) is 0 Å². The second-order valence-corrected chi connectivity index (χ2v) is 7.76. The third kappa shape index (κ3) is 5.37. The highest BCUT2D eigenvalue weighted by atomic mass is 79.9. The van der Waals surface area contributed by atoms with Crippen molar-refractivity contribution in [3.63, 3.8) is 0 Å². The van der Waals surface area contributed by atoms with E-state index in [0.29, 0.717) is 12.1 Å². The molecule has 0 radical (unpaired) electrons. The summed E-state index contributed by atoms with van der Waals surface area (Å²) in [5, 5.41) is 2.93. The van der Waals surface area contributed by atoms with Crippen LogP contribution >= 0.6 is 15.9 Å². The maximum Gasteiger partial charge on any atom is 0.253 e. The van der Waals surface area contributed by atoms with Crippen molar-refractivity contribution in [3.05, 3.63) is 63.9 Å². The number of hydrogen-bond acceptors (Lipinski definition) is 4. The number of nitrogens with zero attached hydrogens (tertiary/aromatic N) is 2. The van der Waals surface area contributed by atoms with E-state index in [-0.39, 0.29) is 18.1 Å². The molecule has 0 saturated carbocycles. The minimum absolute atomic E-state index is 0.126. The molecule has 1 aromatic carbocycles. The molecule has 5 nitrogen and oxygen atoms in total. The predicted octanol–water partition coefficient (Wildman–Crippen LogP) is 3.38. The average Bonchev–Trinajstić information content (AvgIpc) is 2.60. The molecule has 0 spiro atoms. The summed E-state index contributed by atoms with van der Waals surface area (Å²) in [6.07, 6.45) is 3.78. The number of nitrogens with one attached hydrogen (secondary N) is 1. The van der Waals surface area contributed by atoms with Crippen molar-refractivity contribution >= 4 is 21.8 Å². The van der Waals surface area contributed by atoms with Gasteiger partial charge in [-0.3, -0.25) is 14.7 Å². The lowest BCUT2D eigenvalue weighted by Gasteiger charge is -2.35. The molecule has 26 heavy (non-hydrogen) atoms. The zero-order valence-electron chi connectivity index (χ0n) is 15.1. The number of ether oxygens (including phenoxy) is 1. The summed E-state index contributed by atoms with van der Waals surface area (Å²) in [4.78, 5) is 18.6. The van der Waals surface area contributed by atoms with Crippen LogP contribution in [0.3, 0.4) is 0 Å². The Morgan fingerprint density at radius 3 is 2.50 bits per heavy atom. The van der Waals surface area contributed by atoms with Crippen LogP contribution in [0.4, 0.5) is 0 Å². The van der Waals surface area contributed by atoms with Crippen LogP contribution in [0, 0.1) is 0 Å². The third-order valence-corrected chi connectivity index (χ3v) is 4.78. The molecule has 1 fully saturated rings. The Bertz CT molecular complexity index is 741. The summed E-state index contributed by atoms with van der Waals surface area (Å²) in [7, 11) is 0. The molecule has 2 atom stereocenters. The third-order valence-electron chi connectivity index (χ3n) is 4.34. The van der Waals surface area contributed by atoms with Gasteiger partial charge in [0.25, 0.3) is 5.91 Å². The van der Waals surface area contributed by atoms with E-state index in [0.717, 1.165) is 29.7 Å². The van der Waals surface area contributed by atoms with Gasteiger partial charge in [-0.1, -0.05) is 24.3 Å². The molecule has 138 valence electrons. The highest BCUT2D eigenvalue weighted by Gasteiger charge is 2.21. The van der Waals surface area contributed by atoms with Crippen LogP contribution in [0.5, 0.6) is 0 Å². The standard InChI is InChI=1S/C20H24BrN3O2/c1-14-11-24(12-15(2)26-14)13-17-5-3-16(4-6-17)8-23-20(25)18-7-19(21)10-22-9-18/h3-7,9-10,14-15H,8,11-13H2,1-2H3,(H,23,25)/t14-,15+. The molecular weight excluding hydrogens is 394 g/mol. The molecule has 6 heteroatoms. The van der Waals surface area contributed by atoms with Crippen LogP contribution in [0.15, 0.2) is 47.2 Å². The van der Waals surface area contributed by atoms with Crippen molar-refractivity contribution in [2.45, 2.75) is 39.1 Å². The summed E-state index contributed by atoms with van der Waals surface area (Å²) in [6.45, 7) is 7.59. The Labute approximate surface area is 162 Å². The van der Waals surface area contributed by atoms with E-state index in [4.69, 9.17) is 4.74 Å². The first-order chi connectivity index (χ1) is 12.5. The summed E-state index contributed by atoms with van der Waals surface area (Å²) in [5.74, 6) is -0.126. The number of amides is 1. The largest absolute Gasteiger partial charge is 0.373 e. The average molecular weight is 418 g/mol. The maximum absolute atomic E-state index is 12.2. The molecule has 0 bridgehead atoms. The van der Waals surface area contributed by atoms with Crippen molar-refractivity contribution < 1.29 is 9.53 Å². The molecule has 1 aliphatic rings. The first-order valence-electron chi connectivity index (χ1n) is 8.84. The van der Waals surface area contributed by atoms with E-state index in [1.807, 2.05) is 0 Å². The van der Waals surface area contributed by atoms with E-state index in [2.05, 4.69) is 69.2 Å². The summed E-state index contributed by atoms with van der Waals surface area (Å²) < 4.78 is 6.57. The van der Waals surface area contributed by atoms with Crippen LogP contribution in [-0.4, -0.2) is 41.1 Å². The predicted molar refractivity (Wildman–Crippen MR) is 105 cm³/mol. The van der Waals surface area contributed by atoms with Crippen LogP contribution in [0.1, 0.15) is 35.3 Å². The Morgan fingerprint density at radius 1 is 1.19 bits per heavy atom. The number of benzene rings is 1. The zero-order valence-corrected chi connectivity index (χ0v) is 16.7. The van der Waals surface area contributed by atoms with E-state index in [9.17, 15) is 4.79 Å². The second-order valence-electron chi connectivity index (χ2n) is 6.84. The SMILES string of the molecule is C[C@@H]1CN(Cc2ccc(CNC(=O)c3cncc(Br)c3)cc2)C[C@H](C)O1. The van der Waals surface area contributed by atoms with Crippen LogP contribution in [-0.2, 0) is 17.8 Å². The van der Waals surface area contributed by atoms with Crippen molar-refractivity contribution in [2.24, 2.45) is 0 Å². The number of halogens is 1. The van der Waals surface area contributed by atoms with Crippen molar-refractivity contribution in [2.75, 3.05) is 13.1 Å². The fraction of sp³-hybridized carbons (Fsp3) is 0.400. The molecule has 2 aromatic rings. The minimum atomic E-state index is -0.126. The van der Waals surface area contributed by atoms with E-state index in [1.165, 1.54) is 5.56 Å². The molecular formula is C20H24BrN3O2. The Morgan fingerprint density at radius 2 is 1.85 bits per heavy atom. The molecule has 1 aromatic heterocycles. The number of rotatable bonds is 5. The van der Waals surface area contributed by atoms with Crippen molar-refractivity contribution in [1.82, 2.24) is 15.2 Å². The maximum atomic E-state index is 12.2. The number of pyridine rings is 1. The number of carbonyl (C=O) groups is 1. The van der Waals surface area contributed by atoms with Gasteiger partial charge in [0, 0.05) is 43.0 Å². The smallest absolute Gasteiger partial charge is 0.253 e. The second kappa shape index (κ2) is 8.75. The molecule has 1 N–H and O–H groups in total. The number of carbonyl (C=O) groups excluding carboxylic acids is 1. The normalized spacial score (nSPS) is 20.7. The highest BCUT2D eigenvalue weighted by molar-refractivity contribution is 9.10. The van der Waals surface area contributed by atoms with Gasteiger partial charge < -0.3 is 10.1 Å². The van der Waals surface area contributed by atoms with E-state index in [1.54, 1.807) is 18.5 Å². The van der Waals surface area contributed by atoms with E-state index >= 15 is 0 Å². The first-order valence-corrected chi connectivity index (χ1v) is 9.63. The van der Waals surface area contributed by atoms with Crippen LogP contribution in [0.2, 0.25) is 0 Å². The van der Waals surface area contributed by atoms with Gasteiger partial charge in [0.15, 0.2) is 0 Å². The quantitative estimate of drug-likeness (QED) is 0.809. The van der Waals surface area contributed by atoms with Crippen molar-refractivity contribution in [1.29, 1.82) is 0 Å². The number of morpholine rings is 1. The van der Waals surface area contributed by atoms with Gasteiger partial charge in [-0.15, -0.1) is 0 Å². The Kier molecular flexibility index (Phi) is 6.40. The molecule has 2 heterocycles. The Hall–Kier alpha value is -1.76. The highest BCUT2D eigenvalue weighted by Crippen LogP contribution is 2.15. The van der Waals surface area contributed by atoms with Gasteiger partial charge in [-0.2, -0.15) is 0 Å². The minimum Gasteiger partial charge on any atom is -0.373 e. The van der Waals surface area contributed by atoms with Crippen LogP contribution in [0.25, 0.3) is 0 Å². The fourth-order valence-electron chi connectivity index (χ4n) is 3.25. The lowest BCUT2D eigenvalue weighted by atomic mass is 10.1. The zero-order chi connectivity index (χ0) is 18.5. The molecule has 1 saturated heterocycles. The fourth-order valence-corrected chi connectivity index (χ4v) is 3.62. The van der Waals surface area contributed by atoms with Crippen LogP contribution < -0.4 is 5.32 Å². The Balaban J connectivity index is 1.52. The van der Waals surface area contributed by atoms with Gasteiger partial charge in [0.05, 0.1) is 17.8 Å². The number of hydrogen-bond donors (Lipinski definition) is 1. The first kappa shape index (κ1) is 19.0. The van der Waals surface area contributed by atoms with Gasteiger partial charge >= 0.3 is 0 Å². The molecule has 1 aliphatic heterocycles.